The van der Waals surface area contributed by atoms with E-state index in [-0.39, 0.29) is 30.3 Å². The largest absolute Gasteiger partial charge is 0.378 e. The summed E-state index contributed by atoms with van der Waals surface area (Å²) in [5.41, 5.74) is 2.59. The average Bonchev–Trinajstić information content (AvgIpc) is 3.29. The van der Waals surface area contributed by atoms with Gasteiger partial charge in [0, 0.05) is 37.8 Å². The highest BCUT2D eigenvalue weighted by atomic mass is 19.1. The second-order valence-corrected chi connectivity index (χ2v) is 8.56. The van der Waals surface area contributed by atoms with Crippen molar-refractivity contribution in [3.8, 4) is 0 Å². The van der Waals surface area contributed by atoms with Crippen LogP contribution in [0.4, 0.5) is 10.2 Å². The number of anilines is 1. The fourth-order valence-corrected chi connectivity index (χ4v) is 4.29. The summed E-state index contributed by atoms with van der Waals surface area (Å²) < 4.78 is 18.9. The smallest absolute Gasteiger partial charge is 0.228 e. The van der Waals surface area contributed by atoms with E-state index in [9.17, 15) is 14.0 Å². The van der Waals surface area contributed by atoms with E-state index in [1.807, 2.05) is 6.92 Å². The fraction of sp³-hybridized carbons (Fsp3) is 0.500. The quantitative estimate of drug-likeness (QED) is 0.660. The van der Waals surface area contributed by atoms with Crippen molar-refractivity contribution in [3.63, 3.8) is 0 Å². The molecule has 0 saturated carbocycles. The Hall–Kier alpha value is -2.87. The Kier molecular flexibility index (Phi) is 6.79. The molecule has 170 valence electrons. The van der Waals surface area contributed by atoms with Crippen molar-refractivity contribution in [2.24, 2.45) is 0 Å². The number of benzene rings is 1. The lowest BCUT2D eigenvalue weighted by Crippen LogP contribution is -2.37. The van der Waals surface area contributed by atoms with Gasteiger partial charge < -0.3 is 9.64 Å². The van der Waals surface area contributed by atoms with Crippen LogP contribution in [0.3, 0.4) is 0 Å². The molecule has 1 atom stereocenters. The molecular weight excluding hydrogens is 411 g/mol. The number of ether oxygens (including phenoxy) is 1. The molecule has 1 aromatic carbocycles. The Morgan fingerprint density at radius 1 is 1.25 bits per heavy atom. The van der Waals surface area contributed by atoms with Crippen LogP contribution in [0.25, 0.3) is 0 Å². The lowest BCUT2D eigenvalue weighted by Gasteiger charge is -2.30. The minimum absolute atomic E-state index is 0.0214. The molecule has 0 spiro atoms. The fourth-order valence-electron chi connectivity index (χ4n) is 4.29. The van der Waals surface area contributed by atoms with Crippen LogP contribution in [0.1, 0.15) is 54.7 Å². The van der Waals surface area contributed by atoms with Crippen LogP contribution in [-0.4, -0.2) is 46.4 Å². The number of carbonyl (C=O) groups excluding carboxylic acids is 2. The van der Waals surface area contributed by atoms with Gasteiger partial charge in [-0.1, -0.05) is 12.1 Å². The molecule has 0 unspecified atom stereocenters. The SMILES string of the molecule is Cc1nc(CN(C)C(=O)CC[C@@H]2CCCO2)nc2c1CCC(=O)N2Cc1ccc(F)cc1. The van der Waals surface area contributed by atoms with Crippen molar-refractivity contribution in [2.75, 3.05) is 18.6 Å². The normalized spacial score (nSPS) is 18.0. The molecule has 7 nitrogen and oxygen atoms in total. The number of amides is 2. The van der Waals surface area contributed by atoms with Crippen molar-refractivity contribution in [3.05, 3.63) is 52.7 Å². The molecule has 0 radical (unpaired) electrons. The Bertz CT molecular complexity index is 989. The zero-order valence-electron chi connectivity index (χ0n) is 18.6. The van der Waals surface area contributed by atoms with Crippen LogP contribution in [0, 0.1) is 12.7 Å². The highest BCUT2D eigenvalue weighted by Gasteiger charge is 2.28. The van der Waals surface area contributed by atoms with Gasteiger partial charge in [-0.15, -0.1) is 0 Å². The van der Waals surface area contributed by atoms with Gasteiger partial charge in [0.1, 0.15) is 17.5 Å². The summed E-state index contributed by atoms with van der Waals surface area (Å²) in [6, 6.07) is 6.12. The zero-order valence-corrected chi connectivity index (χ0v) is 18.6. The summed E-state index contributed by atoms with van der Waals surface area (Å²) >= 11 is 0. The van der Waals surface area contributed by atoms with Gasteiger partial charge in [-0.3, -0.25) is 14.5 Å². The Labute approximate surface area is 187 Å². The third kappa shape index (κ3) is 5.12. The highest BCUT2D eigenvalue weighted by Crippen LogP contribution is 2.29. The minimum atomic E-state index is -0.313. The molecule has 3 heterocycles. The van der Waals surface area contributed by atoms with E-state index in [0.29, 0.717) is 37.4 Å². The predicted octanol–water partition coefficient (Wildman–Crippen LogP) is 3.32. The molecule has 2 aromatic rings. The highest BCUT2D eigenvalue weighted by molar-refractivity contribution is 5.95. The maximum Gasteiger partial charge on any atom is 0.228 e. The number of rotatable bonds is 7. The molecule has 8 heteroatoms. The second kappa shape index (κ2) is 9.73. The molecule has 0 N–H and O–H groups in total. The summed E-state index contributed by atoms with van der Waals surface area (Å²) in [5.74, 6) is 0.790. The van der Waals surface area contributed by atoms with Crippen molar-refractivity contribution in [1.29, 1.82) is 0 Å². The lowest BCUT2D eigenvalue weighted by atomic mass is 10.0. The molecule has 0 aliphatic carbocycles. The van der Waals surface area contributed by atoms with Gasteiger partial charge in [0.25, 0.3) is 0 Å². The number of fused-ring (bicyclic) bond motifs is 1. The van der Waals surface area contributed by atoms with Crippen LogP contribution < -0.4 is 4.90 Å². The third-order valence-electron chi connectivity index (χ3n) is 6.15. The first-order chi connectivity index (χ1) is 15.4. The summed E-state index contributed by atoms with van der Waals surface area (Å²) in [6.07, 6.45) is 4.40. The number of hydrogen-bond donors (Lipinski definition) is 0. The van der Waals surface area contributed by atoms with Gasteiger partial charge >= 0.3 is 0 Å². The van der Waals surface area contributed by atoms with E-state index in [1.54, 1.807) is 29.0 Å². The standard InChI is InChI=1S/C24H29FN4O3/c1-16-20-10-12-23(31)29(14-17-5-7-18(25)8-6-17)24(20)27-21(26-16)15-28(2)22(30)11-9-19-4-3-13-32-19/h5-8,19H,3-4,9-15H2,1-2H3/t19-/m0/s1. The van der Waals surface area contributed by atoms with E-state index in [2.05, 4.69) is 9.97 Å². The van der Waals surface area contributed by atoms with Crippen LogP contribution in [0.2, 0.25) is 0 Å². The van der Waals surface area contributed by atoms with Gasteiger partial charge in [-0.05, 0) is 50.3 Å². The van der Waals surface area contributed by atoms with Crippen LogP contribution in [0.15, 0.2) is 24.3 Å². The molecule has 2 aliphatic rings. The van der Waals surface area contributed by atoms with Crippen LogP contribution in [-0.2, 0) is 33.8 Å². The van der Waals surface area contributed by atoms with Crippen LogP contribution >= 0.6 is 0 Å². The van der Waals surface area contributed by atoms with E-state index >= 15 is 0 Å². The lowest BCUT2D eigenvalue weighted by molar-refractivity contribution is -0.131. The first-order valence-corrected chi connectivity index (χ1v) is 11.2. The number of hydrogen-bond acceptors (Lipinski definition) is 5. The molecule has 2 amide bonds. The molecule has 4 rings (SSSR count). The van der Waals surface area contributed by atoms with Crippen molar-refractivity contribution < 1.29 is 18.7 Å². The Morgan fingerprint density at radius 2 is 2.03 bits per heavy atom. The molecule has 2 aliphatic heterocycles. The molecule has 0 bridgehead atoms. The topological polar surface area (TPSA) is 75.6 Å². The van der Waals surface area contributed by atoms with E-state index in [1.165, 1.54) is 12.1 Å². The first-order valence-electron chi connectivity index (χ1n) is 11.2. The van der Waals surface area contributed by atoms with Crippen molar-refractivity contribution in [1.82, 2.24) is 14.9 Å². The number of halogens is 1. The van der Waals surface area contributed by atoms with Gasteiger partial charge in [-0.2, -0.15) is 0 Å². The Morgan fingerprint density at radius 3 is 2.75 bits per heavy atom. The summed E-state index contributed by atoms with van der Waals surface area (Å²) in [5, 5.41) is 0. The minimum Gasteiger partial charge on any atom is -0.378 e. The summed E-state index contributed by atoms with van der Waals surface area (Å²) in [4.78, 5) is 37.9. The van der Waals surface area contributed by atoms with Gasteiger partial charge in [0.15, 0.2) is 0 Å². The van der Waals surface area contributed by atoms with Gasteiger partial charge in [0.05, 0.1) is 19.2 Å². The van der Waals surface area contributed by atoms with Crippen molar-refractivity contribution >= 4 is 17.6 Å². The number of aryl methyl sites for hydroxylation is 1. The molecular formula is C24H29FN4O3. The number of aromatic nitrogens is 2. The first kappa shape index (κ1) is 22.3. The van der Waals surface area contributed by atoms with Crippen molar-refractivity contribution in [2.45, 2.75) is 64.6 Å². The summed E-state index contributed by atoms with van der Waals surface area (Å²) in [6.45, 7) is 3.29. The molecule has 32 heavy (non-hydrogen) atoms. The van der Waals surface area contributed by atoms with E-state index in [0.717, 1.165) is 42.7 Å². The Balaban J connectivity index is 1.49. The maximum absolute atomic E-state index is 13.3. The van der Waals surface area contributed by atoms with Crippen LogP contribution in [0.5, 0.6) is 0 Å². The average molecular weight is 441 g/mol. The number of carbonyl (C=O) groups is 2. The van der Waals surface area contributed by atoms with E-state index in [4.69, 9.17) is 4.74 Å². The van der Waals surface area contributed by atoms with Gasteiger partial charge in [-0.25, -0.2) is 14.4 Å². The summed E-state index contributed by atoms with van der Waals surface area (Å²) in [7, 11) is 1.75. The van der Waals surface area contributed by atoms with E-state index < -0.39 is 0 Å². The monoisotopic (exact) mass is 440 g/mol. The van der Waals surface area contributed by atoms with Gasteiger partial charge in [0.2, 0.25) is 11.8 Å². The molecule has 1 aromatic heterocycles. The number of nitrogens with zero attached hydrogens (tertiary/aromatic N) is 4. The molecule has 1 fully saturated rings. The third-order valence-corrected chi connectivity index (χ3v) is 6.15. The predicted molar refractivity (Wildman–Crippen MR) is 117 cm³/mol. The maximum atomic E-state index is 13.3. The zero-order chi connectivity index (χ0) is 22.7. The second-order valence-electron chi connectivity index (χ2n) is 8.56. The molecule has 1 saturated heterocycles.